The Morgan fingerprint density at radius 2 is 2.11 bits per heavy atom. The third-order valence-electron chi connectivity index (χ3n) is 5.74. The summed E-state index contributed by atoms with van der Waals surface area (Å²) in [6, 6.07) is 10.9. The summed E-state index contributed by atoms with van der Waals surface area (Å²) >= 11 is 0. The average Bonchev–Trinajstić information content (AvgIpc) is 3.06. The molecule has 0 amide bonds. The van der Waals surface area contributed by atoms with Gasteiger partial charge in [0.2, 0.25) is 0 Å². The fourth-order valence-electron chi connectivity index (χ4n) is 3.94. The number of piperidine rings is 1. The number of aliphatic imine (C=N–C) groups is 1. The topological polar surface area (TPSA) is 58.3 Å². The maximum atomic E-state index is 4.86. The molecule has 0 saturated carbocycles. The largest absolute Gasteiger partial charge is 0.353 e. The molecule has 2 atom stereocenters. The minimum atomic E-state index is 0.520. The molecule has 1 N–H and O–H groups in total. The molecular weight excluding hydrogens is 348 g/mol. The third-order valence-corrected chi connectivity index (χ3v) is 5.74. The van der Waals surface area contributed by atoms with Crippen molar-refractivity contribution in [3.8, 4) is 0 Å². The summed E-state index contributed by atoms with van der Waals surface area (Å²) in [5, 5.41) is 11.8. The van der Waals surface area contributed by atoms with E-state index in [4.69, 9.17) is 4.99 Å². The van der Waals surface area contributed by atoms with E-state index in [1.54, 1.807) is 0 Å². The molecular formula is C22H32N6. The summed E-state index contributed by atoms with van der Waals surface area (Å²) in [6.07, 6.45) is 4.17. The van der Waals surface area contributed by atoms with E-state index in [9.17, 15) is 0 Å². The van der Waals surface area contributed by atoms with E-state index < -0.39 is 0 Å². The number of benzene rings is 1. The lowest BCUT2D eigenvalue weighted by Crippen LogP contribution is -2.48. The van der Waals surface area contributed by atoms with Crippen LogP contribution < -0.4 is 5.32 Å². The molecule has 2 unspecified atom stereocenters. The van der Waals surface area contributed by atoms with E-state index >= 15 is 0 Å². The fraction of sp³-hybridized carbons (Fsp3) is 0.500. The Morgan fingerprint density at radius 1 is 1.32 bits per heavy atom. The molecule has 1 aromatic carbocycles. The van der Waals surface area contributed by atoms with E-state index in [1.165, 1.54) is 5.56 Å². The van der Waals surface area contributed by atoms with Crippen LogP contribution in [0.15, 0.2) is 48.0 Å². The van der Waals surface area contributed by atoms with Gasteiger partial charge >= 0.3 is 0 Å². The number of guanidine groups is 1. The molecule has 0 spiro atoms. The lowest BCUT2D eigenvalue weighted by molar-refractivity contribution is 0.215. The molecule has 150 valence electrons. The normalized spacial score (nSPS) is 20.2. The Balaban J connectivity index is 1.74. The standard InChI is InChI=1S/C22H32N6/c1-5-13-23-22(24-15-21-26-25-17(3)27(21)4)28-14-12-20(18(6-2)16-28)19-10-8-7-9-11-19/h5,7-11,18,20H,1,6,12-16H2,2-4H3,(H,23,24). The second-order valence-corrected chi connectivity index (χ2v) is 7.45. The Kier molecular flexibility index (Phi) is 6.85. The lowest BCUT2D eigenvalue weighted by atomic mass is 9.79. The van der Waals surface area contributed by atoms with Crippen molar-refractivity contribution in [1.29, 1.82) is 0 Å². The highest BCUT2D eigenvalue weighted by Gasteiger charge is 2.30. The van der Waals surface area contributed by atoms with Gasteiger partial charge in [-0.15, -0.1) is 16.8 Å². The molecule has 2 heterocycles. The SMILES string of the molecule is C=CCNC(=NCc1nnc(C)n1C)N1CCC(c2ccccc2)C(CC)C1. The monoisotopic (exact) mass is 380 g/mol. The smallest absolute Gasteiger partial charge is 0.194 e. The number of nitrogens with one attached hydrogen (secondary N) is 1. The molecule has 28 heavy (non-hydrogen) atoms. The fourth-order valence-corrected chi connectivity index (χ4v) is 3.94. The first kappa shape index (κ1) is 20.1. The van der Waals surface area contributed by atoms with Crippen LogP contribution in [0.5, 0.6) is 0 Å². The summed E-state index contributed by atoms with van der Waals surface area (Å²) in [5.41, 5.74) is 1.46. The van der Waals surface area contributed by atoms with Crippen molar-refractivity contribution in [3.63, 3.8) is 0 Å². The second-order valence-electron chi connectivity index (χ2n) is 7.45. The molecule has 6 nitrogen and oxygen atoms in total. The van der Waals surface area contributed by atoms with E-state index in [0.717, 1.165) is 43.5 Å². The molecule has 2 aromatic rings. The zero-order chi connectivity index (χ0) is 19.9. The van der Waals surface area contributed by atoms with Crippen molar-refractivity contribution in [3.05, 3.63) is 60.2 Å². The molecule has 1 aliphatic rings. The zero-order valence-electron chi connectivity index (χ0n) is 17.3. The van der Waals surface area contributed by atoms with Crippen LogP contribution in [0.2, 0.25) is 0 Å². The molecule has 1 aromatic heterocycles. The molecule has 3 rings (SSSR count). The van der Waals surface area contributed by atoms with Crippen LogP contribution in [0.25, 0.3) is 0 Å². The van der Waals surface area contributed by atoms with Gasteiger partial charge in [-0.2, -0.15) is 0 Å². The van der Waals surface area contributed by atoms with E-state index in [-0.39, 0.29) is 0 Å². The van der Waals surface area contributed by atoms with Crippen LogP contribution in [0, 0.1) is 12.8 Å². The van der Waals surface area contributed by atoms with Crippen LogP contribution in [-0.2, 0) is 13.6 Å². The number of aryl methyl sites for hydroxylation is 1. The van der Waals surface area contributed by atoms with Crippen LogP contribution in [0.1, 0.15) is 42.9 Å². The molecule has 1 fully saturated rings. The van der Waals surface area contributed by atoms with Crippen LogP contribution in [0.3, 0.4) is 0 Å². The molecule has 0 aliphatic carbocycles. The molecule has 1 saturated heterocycles. The minimum Gasteiger partial charge on any atom is -0.353 e. The average molecular weight is 381 g/mol. The number of hydrogen-bond acceptors (Lipinski definition) is 3. The van der Waals surface area contributed by atoms with E-state index in [0.29, 0.717) is 24.9 Å². The third kappa shape index (κ3) is 4.61. The second kappa shape index (κ2) is 9.53. The zero-order valence-corrected chi connectivity index (χ0v) is 17.3. The van der Waals surface area contributed by atoms with Crippen molar-refractivity contribution < 1.29 is 0 Å². The van der Waals surface area contributed by atoms with Crippen LogP contribution in [-0.4, -0.2) is 45.3 Å². The minimum absolute atomic E-state index is 0.520. The first-order chi connectivity index (χ1) is 13.6. The Labute approximate surface area is 168 Å². The Hall–Kier alpha value is -2.63. The molecule has 1 aliphatic heterocycles. The summed E-state index contributed by atoms with van der Waals surface area (Å²) in [4.78, 5) is 7.25. The first-order valence-corrected chi connectivity index (χ1v) is 10.2. The molecule has 0 radical (unpaired) electrons. The van der Waals surface area contributed by atoms with E-state index in [2.05, 4.69) is 64.2 Å². The van der Waals surface area contributed by atoms with Gasteiger partial charge in [0.1, 0.15) is 12.4 Å². The predicted octanol–water partition coefficient (Wildman–Crippen LogP) is 3.27. The number of hydrogen-bond donors (Lipinski definition) is 1. The maximum Gasteiger partial charge on any atom is 0.194 e. The number of rotatable bonds is 6. The summed E-state index contributed by atoms with van der Waals surface area (Å²) in [5.74, 6) is 3.95. The van der Waals surface area contributed by atoms with Gasteiger partial charge in [0.05, 0.1) is 0 Å². The number of likely N-dealkylation sites (tertiary alicyclic amines) is 1. The van der Waals surface area contributed by atoms with Crippen molar-refractivity contribution >= 4 is 5.96 Å². The maximum absolute atomic E-state index is 4.86. The quantitative estimate of drug-likeness (QED) is 0.475. The van der Waals surface area contributed by atoms with Gasteiger partial charge in [0.15, 0.2) is 11.8 Å². The van der Waals surface area contributed by atoms with Gasteiger partial charge in [-0.3, -0.25) is 0 Å². The van der Waals surface area contributed by atoms with Crippen LogP contribution in [0.4, 0.5) is 0 Å². The molecule has 6 heteroatoms. The summed E-state index contributed by atoms with van der Waals surface area (Å²) in [6.45, 7) is 11.3. The highest BCUT2D eigenvalue weighted by atomic mass is 15.3. The predicted molar refractivity (Wildman–Crippen MR) is 114 cm³/mol. The Bertz CT molecular complexity index is 795. The van der Waals surface area contributed by atoms with Gasteiger partial charge in [0.25, 0.3) is 0 Å². The summed E-state index contributed by atoms with van der Waals surface area (Å²) < 4.78 is 1.99. The number of aromatic nitrogens is 3. The van der Waals surface area contributed by atoms with Gasteiger partial charge in [0, 0.05) is 26.7 Å². The van der Waals surface area contributed by atoms with Crippen molar-refractivity contribution in [1.82, 2.24) is 25.0 Å². The highest BCUT2D eigenvalue weighted by Crippen LogP contribution is 2.34. The van der Waals surface area contributed by atoms with Gasteiger partial charge < -0.3 is 14.8 Å². The number of nitrogens with zero attached hydrogens (tertiary/aromatic N) is 5. The highest BCUT2D eigenvalue weighted by molar-refractivity contribution is 5.80. The van der Waals surface area contributed by atoms with Crippen molar-refractivity contribution in [2.75, 3.05) is 19.6 Å². The van der Waals surface area contributed by atoms with Crippen molar-refractivity contribution in [2.24, 2.45) is 18.0 Å². The van der Waals surface area contributed by atoms with Crippen LogP contribution >= 0.6 is 0 Å². The van der Waals surface area contributed by atoms with E-state index in [1.807, 2.05) is 24.6 Å². The van der Waals surface area contributed by atoms with Gasteiger partial charge in [-0.25, -0.2) is 4.99 Å². The first-order valence-electron chi connectivity index (χ1n) is 10.2. The Morgan fingerprint density at radius 3 is 2.75 bits per heavy atom. The summed E-state index contributed by atoms with van der Waals surface area (Å²) in [7, 11) is 1.98. The van der Waals surface area contributed by atoms with Gasteiger partial charge in [-0.05, 0) is 30.7 Å². The lowest BCUT2D eigenvalue weighted by Gasteiger charge is -2.40. The molecule has 0 bridgehead atoms. The van der Waals surface area contributed by atoms with Crippen molar-refractivity contribution in [2.45, 2.75) is 39.2 Å². The van der Waals surface area contributed by atoms with Gasteiger partial charge in [-0.1, -0.05) is 49.8 Å².